The van der Waals surface area contributed by atoms with Crippen LogP contribution in [-0.2, 0) is 18.3 Å². The number of amides is 1. The topological polar surface area (TPSA) is 60.2 Å². The summed E-state index contributed by atoms with van der Waals surface area (Å²) in [5.74, 6) is 0.419. The number of nitrogens with zero attached hydrogens (tertiary/aromatic N) is 4. The lowest BCUT2D eigenvalue weighted by Crippen LogP contribution is -2.42. The predicted octanol–water partition coefficient (Wildman–Crippen LogP) is 4.20. The monoisotopic (exact) mass is 432 g/mol. The van der Waals surface area contributed by atoms with Gasteiger partial charge >= 0.3 is 0 Å². The average Bonchev–Trinajstić information content (AvgIpc) is 3.36. The Balaban J connectivity index is 1.42. The van der Waals surface area contributed by atoms with Crippen molar-refractivity contribution >= 4 is 28.3 Å². The number of aromatic nitrogens is 3. The third-order valence-corrected chi connectivity index (χ3v) is 6.82. The molecular weight excluding hydrogens is 408 g/mol. The van der Waals surface area contributed by atoms with Crippen LogP contribution in [0.5, 0.6) is 5.88 Å². The van der Waals surface area contributed by atoms with Gasteiger partial charge in [-0.3, -0.25) is 4.79 Å². The summed E-state index contributed by atoms with van der Waals surface area (Å²) in [6.07, 6.45) is 0.872. The molecule has 6 nitrogen and oxygen atoms in total. The van der Waals surface area contributed by atoms with Crippen molar-refractivity contribution in [3.8, 4) is 5.88 Å². The molecule has 5 rings (SSSR count). The zero-order chi connectivity index (χ0) is 21.5. The van der Waals surface area contributed by atoms with Crippen LogP contribution < -0.4 is 4.74 Å². The van der Waals surface area contributed by atoms with Crippen molar-refractivity contribution in [2.75, 3.05) is 13.2 Å². The van der Waals surface area contributed by atoms with Gasteiger partial charge < -0.3 is 9.64 Å². The number of hydrogen-bond acceptors (Lipinski definition) is 5. The zero-order valence-electron chi connectivity index (χ0n) is 17.8. The fourth-order valence-electron chi connectivity index (χ4n) is 4.44. The first-order valence-electron chi connectivity index (χ1n) is 10.4. The lowest BCUT2D eigenvalue weighted by Gasteiger charge is -2.36. The van der Waals surface area contributed by atoms with E-state index in [-0.39, 0.29) is 18.6 Å². The smallest absolute Gasteiger partial charge is 0.261 e. The summed E-state index contributed by atoms with van der Waals surface area (Å²) in [4.78, 5) is 21.2. The molecule has 1 aromatic carbocycles. The van der Waals surface area contributed by atoms with Crippen molar-refractivity contribution in [1.29, 1.82) is 0 Å². The normalized spacial score (nSPS) is 15.8. The van der Waals surface area contributed by atoms with Crippen molar-refractivity contribution in [2.24, 2.45) is 7.05 Å². The summed E-state index contributed by atoms with van der Waals surface area (Å²) in [6.45, 7) is 4.60. The molecule has 1 atom stereocenters. The lowest BCUT2D eigenvalue weighted by atomic mass is 9.93. The summed E-state index contributed by atoms with van der Waals surface area (Å²) in [7, 11) is 1.84. The van der Waals surface area contributed by atoms with E-state index in [0.717, 1.165) is 34.3 Å². The summed E-state index contributed by atoms with van der Waals surface area (Å²) < 4.78 is 7.68. The third kappa shape index (κ3) is 3.49. The van der Waals surface area contributed by atoms with E-state index in [4.69, 9.17) is 4.74 Å². The molecule has 1 aliphatic rings. The Hall–Kier alpha value is -3.19. The van der Waals surface area contributed by atoms with Crippen LogP contribution in [0, 0.1) is 13.8 Å². The highest BCUT2D eigenvalue weighted by Crippen LogP contribution is 2.38. The molecule has 7 heteroatoms. The largest absolute Gasteiger partial charge is 0.466 e. The number of ether oxygens (including phenoxy) is 1. The number of hydrogen-bond donors (Lipinski definition) is 0. The van der Waals surface area contributed by atoms with Crippen LogP contribution in [0.2, 0.25) is 0 Å². The first-order chi connectivity index (χ1) is 15.0. The molecule has 3 aromatic heterocycles. The second-order valence-electron chi connectivity index (χ2n) is 7.95. The average molecular weight is 433 g/mol. The van der Waals surface area contributed by atoms with Crippen LogP contribution in [0.1, 0.15) is 33.3 Å². The fourth-order valence-corrected chi connectivity index (χ4v) is 5.35. The van der Waals surface area contributed by atoms with E-state index in [1.54, 1.807) is 16.0 Å². The number of carbonyl (C=O) groups is 1. The first-order valence-corrected chi connectivity index (χ1v) is 11.3. The van der Waals surface area contributed by atoms with E-state index in [9.17, 15) is 4.79 Å². The Kier molecular flexibility index (Phi) is 4.98. The summed E-state index contributed by atoms with van der Waals surface area (Å²) in [6, 6.07) is 14.3. The van der Waals surface area contributed by atoms with Crippen LogP contribution in [-0.4, -0.2) is 38.7 Å². The highest BCUT2D eigenvalue weighted by molar-refractivity contribution is 7.10. The fraction of sp³-hybridized carbons (Fsp3) is 0.292. The Morgan fingerprint density at radius 2 is 2.03 bits per heavy atom. The molecule has 0 saturated heterocycles. The molecule has 0 bridgehead atoms. The van der Waals surface area contributed by atoms with Crippen molar-refractivity contribution in [2.45, 2.75) is 26.3 Å². The minimum Gasteiger partial charge on any atom is -0.466 e. The van der Waals surface area contributed by atoms with Crippen LogP contribution in [0.4, 0.5) is 0 Å². The molecule has 0 N–H and O–H groups in total. The van der Waals surface area contributed by atoms with Gasteiger partial charge in [0.25, 0.3) is 5.91 Å². The van der Waals surface area contributed by atoms with E-state index >= 15 is 0 Å². The predicted molar refractivity (Wildman–Crippen MR) is 121 cm³/mol. The van der Waals surface area contributed by atoms with Gasteiger partial charge in [-0.25, -0.2) is 9.67 Å². The Bertz CT molecular complexity index is 1260. The third-order valence-electron chi connectivity index (χ3n) is 5.82. The van der Waals surface area contributed by atoms with Gasteiger partial charge in [0, 0.05) is 24.2 Å². The Labute approximate surface area is 185 Å². The van der Waals surface area contributed by atoms with Crippen molar-refractivity contribution in [1.82, 2.24) is 19.7 Å². The molecule has 0 saturated carbocycles. The van der Waals surface area contributed by atoms with Crippen LogP contribution in [0.15, 0.2) is 47.8 Å². The van der Waals surface area contributed by atoms with Gasteiger partial charge in [-0.1, -0.05) is 30.3 Å². The molecule has 1 unspecified atom stereocenters. The van der Waals surface area contributed by atoms with Gasteiger partial charge in [0.1, 0.15) is 0 Å². The Morgan fingerprint density at radius 1 is 1.23 bits per heavy atom. The molecule has 4 heterocycles. The van der Waals surface area contributed by atoms with E-state index < -0.39 is 0 Å². The number of rotatable bonds is 4. The molecule has 1 amide bonds. The molecule has 4 aromatic rings. The minimum absolute atomic E-state index is 0.0396. The molecule has 0 radical (unpaired) electrons. The van der Waals surface area contributed by atoms with E-state index in [1.807, 2.05) is 50.1 Å². The molecule has 158 valence electrons. The van der Waals surface area contributed by atoms with Crippen LogP contribution in [0.3, 0.4) is 0 Å². The highest BCUT2D eigenvalue weighted by atomic mass is 32.1. The number of benzene rings is 1. The zero-order valence-corrected chi connectivity index (χ0v) is 18.6. The molecule has 31 heavy (non-hydrogen) atoms. The standard InChI is InChI=1S/C24H24N4O2S/c1-15-13-16(2)25-23-21(15)24(26-27(23)3)30-14-20(29)28-11-9-19-18(10-12-31-19)22(28)17-7-5-4-6-8-17/h4-8,10,12-13,22H,9,11,14H2,1-3H3. The van der Waals surface area contributed by atoms with Gasteiger partial charge in [0.2, 0.25) is 5.88 Å². The molecule has 0 spiro atoms. The van der Waals surface area contributed by atoms with E-state index in [1.165, 1.54) is 10.4 Å². The van der Waals surface area contributed by atoms with Gasteiger partial charge in [0.05, 0.1) is 11.4 Å². The maximum atomic E-state index is 13.3. The molecule has 0 fully saturated rings. The number of pyridine rings is 1. The number of aryl methyl sites for hydroxylation is 3. The lowest BCUT2D eigenvalue weighted by molar-refractivity contribution is -0.135. The van der Waals surface area contributed by atoms with Crippen LogP contribution in [0.25, 0.3) is 11.0 Å². The van der Waals surface area contributed by atoms with Crippen molar-refractivity contribution < 1.29 is 9.53 Å². The molecular formula is C24H24N4O2S. The Morgan fingerprint density at radius 3 is 2.84 bits per heavy atom. The van der Waals surface area contributed by atoms with Gasteiger partial charge in [-0.05, 0) is 54.5 Å². The maximum Gasteiger partial charge on any atom is 0.261 e. The van der Waals surface area contributed by atoms with Crippen LogP contribution >= 0.6 is 11.3 Å². The number of fused-ring (bicyclic) bond motifs is 2. The quantitative estimate of drug-likeness (QED) is 0.485. The van der Waals surface area contributed by atoms with Crippen molar-refractivity contribution in [3.05, 3.63) is 75.1 Å². The summed E-state index contributed by atoms with van der Waals surface area (Å²) in [5, 5.41) is 7.45. The maximum absolute atomic E-state index is 13.3. The van der Waals surface area contributed by atoms with E-state index in [0.29, 0.717) is 12.4 Å². The van der Waals surface area contributed by atoms with Gasteiger partial charge in [0.15, 0.2) is 12.3 Å². The van der Waals surface area contributed by atoms with Gasteiger partial charge in [-0.15, -0.1) is 16.4 Å². The number of carbonyl (C=O) groups excluding carboxylic acids is 1. The van der Waals surface area contributed by atoms with Crippen molar-refractivity contribution in [3.63, 3.8) is 0 Å². The summed E-state index contributed by atoms with van der Waals surface area (Å²) in [5.41, 5.74) is 5.08. The molecule has 0 aliphatic carbocycles. The summed E-state index contributed by atoms with van der Waals surface area (Å²) >= 11 is 1.77. The van der Waals surface area contributed by atoms with E-state index in [2.05, 4.69) is 33.7 Å². The SMILES string of the molecule is Cc1cc(C)c2c(OCC(=O)N3CCc4sccc4C3c3ccccc3)nn(C)c2n1. The second-order valence-corrected chi connectivity index (χ2v) is 8.95. The van der Waals surface area contributed by atoms with Gasteiger partial charge in [-0.2, -0.15) is 0 Å². The number of thiophene rings is 1. The second kappa shape index (κ2) is 7.81. The molecule has 1 aliphatic heterocycles. The minimum atomic E-state index is -0.0844. The highest BCUT2D eigenvalue weighted by Gasteiger charge is 2.33. The first kappa shape index (κ1) is 19.8.